The first kappa shape index (κ1) is 18.7. The second-order valence-electron chi connectivity index (χ2n) is 5.58. The molecule has 116 valence electrons. The molecule has 0 atom stereocenters. The lowest BCUT2D eigenvalue weighted by molar-refractivity contribution is -0.174. The summed E-state index contributed by atoms with van der Waals surface area (Å²) in [7, 11) is 0. The first-order chi connectivity index (χ1) is 9.30. The molecule has 0 aromatic carbocycles. The van der Waals surface area contributed by atoms with E-state index in [2.05, 4.69) is 6.58 Å². The minimum atomic E-state index is -1.21. The third-order valence-corrected chi connectivity index (χ3v) is 3.07. The molecule has 4 nitrogen and oxygen atoms in total. The maximum absolute atomic E-state index is 12.4. The van der Waals surface area contributed by atoms with Gasteiger partial charge in [-0.15, -0.1) is 6.58 Å². The Morgan fingerprint density at radius 1 is 1.10 bits per heavy atom. The van der Waals surface area contributed by atoms with Gasteiger partial charge in [0, 0.05) is 0 Å². The Labute approximate surface area is 122 Å². The van der Waals surface area contributed by atoms with Gasteiger partial charge in [-0.1, -0.05) is 19.4 Å². The van der Waals surface area contributed by atoms with Crippen molar-refractivity contribution in [2.24, 2.45) is 11.3 Å². The number of rotatable bonds is 9. The van der Waals surface area contributed by atoms with Gasteiger partial charge in [-0.3, -0.25) is 9.59 Å². The zero-order valence-corrected chi connectivity index (χ0v) is 13.5. The average Bonchev–Trinajstić information content (AvgIpc) is 2.34. The maximum atomic E-state index is 12.4. The second kappa shape index (κ2) is 8.77. The first-order valence-corrected chi connectivity index (χ1v) is 7.29. The first-order valence-electron chi connectivity index (χ1n) is 7.29. The lowest BCUT2D eigenvalue weighted by atomic mass is 9.75. The van der Waals surface area contributed by atoms with E-state index in [-0.39, 0.29) is 19.1 Å². The number of ether oxygens (including phenoxy) is 2. The number of carbonyl (C=O) groups is 2. The fourth-order valence-electron chi connectivity index (χ4n) is 2.22. The standard InChI is InChI=1S/C16H28O4/c1-7-19-14(17)16(11-13(5)6,10-9-12(3)4)15(18)20-8-2/h13H,3,7-11H2,1-2,4-6H3. The van der Waals surface area contributed by atoms with Crippen molar-refractivity contribution in [1.82, 2.24) is 0 Å². The molecule has 0 N–H and O–H groups in total. The summed E-state index contributed by atoms with van der Waals surface area (Å²) in [5.41, 5.74) is -0.272. The predicted octanol–water partition coefficient (Wildman–Crippen LogP) is 3.50. The summed E-state index contributed by atoms with van der Waals surface area (Å²) in [5.74, 6) is -0.768. The van der Waals surface area contributed by atoms with Crippen molar-refractivity contribution in [3.63, 3.8) is 0 Å². The summed E-state index contributed by atoms with van der Waals surface area (Å²) in [6.07, 6.45) is 1.42. The highest BCUT2D eigenvalue weighted by atomic mass is 16.6. The molecule has 0 spiro atoms. The van der Waals surface area contributed by atoms with Crippen LogP contribution in [0.5, 0.6) is 0 Å². The molecule has 20 heavy (non-hydrogen) atoms. The summed E-state index contributed by atoms with van der Waals surface area (Å²) in [6, 6.07) is 0. The Kier molecular flexibility index (Phi) is 8.19. The van der Waals surface area contributed by atoms with Gasteiger partial charge in [-0.25, -0.2) is 0 Å². The van der Waals surface area contributed by atoms with Crippen LogP contribution in [-0.4, -0.2) is 25.2 Å². The summed E-state index contributed by atoms with van der Waals surface area (Å²) >= 11 is 0. The Bertz CT molecular complexity index is 326. The van der Waals surface area contributed by atoms with Crippen LogP contribution in [-0.2, 0) is 19.1 Å². The molecule has 0 aliphatic carbocycles. The topological polar surface area (TPSA) is 52.6 Å². The highest BCUT2D eigenvalue weighted by Crippen LogP contribution is 2.36. The van der Waals surface area contributed by atoms with Gasteiger partial charge in [0.05, 0.1) is 13.2 Å². The van der Waals surface area contributed by atoms with Crippen LogP contribution in [0.15, 0.2) is 12.2 Å². The quantitative estimate of drug-likeness (QED) is 0.369. The zero-order chi connectivity index (χ0) is 15.8. The summed E-state index contributed by atoms with van der Waals surface area (Å²) < 4.78 is 10.3. The molecule has 0 bridgehead atoms. The van der Waals surface area contributed by atoms with Crippen molar-refractivity contribution in [3.05, 3.63) is 12.2 Å². The average molecular weight is 284 g/mol. The van der Waals surface area contributed by atoms with E-state index in [0.29, 0.717) is 19.3 Å². The van der Waals surface area contributed by atoms with Crippen LogP contribution in [0, 0.1) is 11.3 Å². The fraction of sp³-hybridized carbons (Fsp3) is 0.750. The van der Waals surface area contributed by atoms with Crippen LogP contribution >= 0.6 is 0 Å². The van der Waals surface area contributed by atoms with Crippen molar-refractivity contribution in [2.45, 2.75) is 53.9 Å². The van der Waals surface area contributed by atoms with Gasteiger partial charge in [0.15, 0.2) is 5.41 Å². The van der Waals surface area contributed by atoms with E-state index < -0.39 is 17.4 Å². The third-order valence-electron chi connectivity index (χ3n) is 3.07. The molecule has 0 unspecified atom stereocenters. The third kappa shape index (κ3) is 5.35. The van der Waals surface area contributed by atoms with E-state index in [9.17, 15) is 9.59 Å². The van der Waals surface area contributed by atoms with Gasteiger partial charge in [-0.2, -0.15) is 0 Å². The van der Waals surface area contributed by atoms with Crippen LogP contribution in [0.25, 0.3) is 0 Å². The number of hydrogen-bond acceptors (Lipinski definition) is 4. The monoisotopic (exact) mass is 284 g/mol. The lowest BCUT2D eigenvalue weighted by Crippen LogP contribution is -2.43. The molecule has 0 saturated heterocycles. The number of esters is 2. The van der Waals surface area contributed by atoms with Crippen molar-refractivity contribution < 1.29 is 19.1 Å². The van der Waals surface area contributed by atoms with Crippen molar-refractivity contribution in [1.29, 1.82) is 0 Å². The number of carbonyl (C=O) groups excluding carboxylic acids is 2. The minimum absolute atomic E-state index is 0.189. The molecule has 0 aromatic rings. The largest absolute Gasteiger partial charge is 0.465 e. The van der Waals surface area contributed by atoms with Crippen LogP contribution in [0.4, 0.5) is 0 Å². The maximum Gasteiger partial charge on any atom is 0.323 e. The Morgan fingerprint density at radius 2 is 1.55 bits per heavy atom. The molecule has 4 heteroatoms. The highest BCUT2D eigenvalue weighted by Gasteiger charge is 2.48. The summed E-state index contributed by atoms with van der Waals surface area (Å²) in [6.45, 7) is 13.7. The minimum Gasteiger partial charge on any atom is -0.465 e. The number of allylic oxidation sites excluding steroid dienone is 1. The van der Waals surface area contributed by atoms with E-state index in [1.807, 2.05) is 20.8 Å². The van der Waals surface area contributed by atoms with E-state index in [1.165, 1.54) is 0 Å². The van der Waals surface area contributed by atoms with Crippen molar-refractivity contribution in [3.8, 4) is 0 Å². The van der Waals surface area contributed by atoms with Crippen molar-refractivity contribution in [2.75, 3.05) is 13.2 Å². The van der Waals surface area contributed by atoms with Gasteiger partial charge >= 0.3 is 11.9 Å². The van der Waals surface area contributed by atoms with Gasteiger partial charge in [-0.05, 0) is 46.0 Å². The van der Waals surface area contributed by atoms with Crippen LogP contribution in [0.1, 0.15) is 53.9 Å². The SMILES string of the molecule is C=C(C)CCC(CC(C)C)(C(=O)OCC)C(=O)OCC. The van der Waals surface area contributed by atoms with Gasteiger partial charge in [0.2, 0.25) is 0 Å². The molecule has 0 fully saturated rings. The molecule has 0 radical (unpaired) electrons. The molecule has 0 amide bonds. The molecule has 0 heterocycles. The second-order valence-corrected chi connectivity index (χ2v) is 5.58. The lowest BCUT2D eigenvalue weighted by Gasteiger charge is -2.30. The van der Waals surface area contributed by atoms with Crippen LogP contribution < -0.4 is 0 Å². The number of hydrogen-bond donors (Lipinski definition) is 0. The highest BCUT2D eigenvalue weighted by molar-refractivity contribution is 6.00. The van der Waals surface area contributed by atoms with Crippen LogP contribution in [0.2, 0.25) is 0 Å². The Morgan fingerprint density at radius 3 is 1.85 bits per heavy atom. The van der Waals surface area contributed by atoms with E-state index in [0.717, 1.165) is 5.57 Å². The summed E-state index contributed by atoms with van der Waals surface area (Å²) in [5, 5.41) is 0. The Hall–Kier alpha value is -1.32. The van der Waals surface area contributed by atoms with E-state index in [1.54, 1.807) is 13.8 Å². The zero-order valence-electron chi connectivity index (χ0n) is 13.5. The van der Waals surface area contributed by atoms with Crippen molar-refractivity contribution >= 4 is 11.9 Å². The fourth-order valence-corrected chi connectivity index (χ4v) is 2.22. The molecule has 0 rings (SSSR count). The molecular weight excluding hydrogens is 256 g/mol. The normalized spacial score (nSPS) is 11.3. The van der Waals surface area contributed by atoms with Crippen LogP contribution in [0.3, 0.4) is 0 Å². The molecule has 0 saturated carbocycles. The van der Waals surface area contributed by atoms with E-state index >= 15 is 0 Å². The predicted molar refractivity (Wildman–Crippen MR) is 79.2 cm³/mol. The van der Waals surface area contributed by atoms with Gasteiger partial charge < -0.3 is 9.47 Å². The molecule has 0 aliphatic heterocycles. The van der Waals surface area contributed by atoms with Gasteiger partial charge in [0.1, 0.15) is 0 Å². The molecule has 0 aliphatic rings. The van der Waals surface area contributed by atoms with E-state index in [4.69, 9.17) is 9.47 Å². The smallest absolute Gasteiger partial charge is 0.323 e. The molecule has 0 aromatic heterocycles. The summed E-state index contributed by atoms with van der Waals surface area (Å²) in [4.78, 5) is 24.8. The van der Waals surface area contributed by atoms with Gasteiger partial charge in [0.25, 0.3) is 0 Å². The Balaban J connectivity index is 5.42. The molecular formula is C16H28O4.